The highest BCUT2D eigenvalue weighted by Crippen LogP contribution is 2.36. The first kappa shape index (κ1) is 17.4. The highest BCUT2D eigenvalue weighted by Gasteiger charge is 2.19. The van der Waals surface area contributed by atoms with Gasteiger partial charge in [-0.2, -0.15) is 5.10 Å². The number of nitrogens with one attached hydrogen (secondary N) is 1. The summed E-state index contributed by atoms with van der Waals surface area (Å²) in [4.78, 5) is 4.84. The lowest BCUT2D eigenvalue weighted by Crippen LogP contribution is -2.05. The molecule has 0 aliphatic rings. The van der Waals surface area contributed by atoms with Crippen molar-refractivity contribution < 1.29 is 4.52 Å². The maximum atomic E-state index is 5.38. The van der Waals surface area contributed by atoms with Gasteiger partial charge in [-0.05, 0) is 32.4 Å². The molecule has 1 unspecified atom stereocenters. The summed E-state index contributed by atoms with van der Waals surface area (Å²) >= 11 is 0. The molecule has 5 aromatic rings. The molecule has 4 heterocycles. The van der Waals surface area contributed by atoms with E-state index in [0.29, 0.717) is 0 Å². The van der Waals surface area contributed by atoms with Gasteiger partial charge in [0, 0.05) is 40.8 Å². The van der Waals surface area contributed by atoms with Crippen LogP contribution in [0.25, 0.3) is 33.3 Å². The largest absolute Gasteiger partial charge is 0.361 e. The fourth-order valence-electron chi connectivity index (χ4n) is 3.98. The highest BCUT2D eigenvalue weighted by atomic mass is 16.5. The minimum Gasteiger partial charge on any atom is -0.361 e. The van der Waals surface area contributed by atoms with Crippen LogP contribution in [0, 0.1) is 13.8 Å². The van der Waals surface area contributed by atoms with Crippen LogP contribution in [0.3, 0.4) is 0 Å². The second-order valence-corrected chi connectivity index (χ2v) is 7.31. The van der Waals surface area contributed by atoms with Crippen LogP contribution in [0.5, 0.6) is 0 Å². The van der Waals surface area contributed by atoms with Crippen LogP contribution < -0.4 is 0 Å². The number of hydrogen-bond donors (Lipinski definition) is 1. The first-order valence-electron chi connectivity index (χ1n) is 9.61. The Morgan fingerprint density at radius 1 is 1.07 bits per heavy atom. The van der Waals surface area contributed by atoms with E-state index >= 15 is 0 Å². The fraction of sp³-hybridized carbons (Fsp3) is 0.174. The molecule has 0 saturated carbocycles. The molecule has 144 valence electrons. The summed E-state index contributed by atoms with van der Waals surface area (Å²) in [5, 5.41) is 11.1. The Morgan fingerprint density at radius 2 is 1.90 bits per heavy atom. The Kier molecular flexibility index (Phi) is 4.05. The maximum Gasteiger partial charge on any atom is 0.141 e. The number of benzene rings is 1. The highest BCUT2D eigenvalue weighted by molar-refractivity contribution is 5.95. The standard InChI is InChI=1S/C23H21N5O/c1-14-22(16(3)29-27-14)18-9-21-23(24-10-18)20(19-11-25-26-12-19)13-28(21)15(2)17-7-5-4-6-8-17/h4-13,15H,1-3H3,(H,25,26). The molecule has 29 heavy (non-hydrogen) atoms. The predicted molar refractivity (Wildman–Crippen MR) is 113 cm³/mol. The van der Waals surface area contributed by atoms with Crippen molar-refractivity contribution >= 4 is 11.0 Å². The molecule has 1 atom stereocenters. The average Bonchev–Trinajstić information content (AvgIpc) is 3.47. The van der Waals surface area contributed by atoms with Crippen LogP contribution in [-0.4, -0.2) is 24.9 Å². The van der Waals surface area contributed by atoms with Gasteiger partial charge in [-0.1, -0.05) is 35.5 Å². The summed E-state index contributed by atoms with van der Waals surface area (Å²) in [6.45, 7) is 6.09. The van der Waals surface area contributed by atoms with Gasteiger partial charge in [0.2, 0.25) is 0 Å². The number of aryl methyl sites for hydroxylation is 2. The van der Waals surface area contributed by atoms with E-state index in [1.54, 1.807) is 0 Å². The lowest BCUT2D eigenvalue weighted by Gasteiger charge is -2.16. The van der Waals surface area contributed by atoms with Crippen LogP contribution in [0.4, 0.5) is 0 Å². The average molecular weight is 383 g/mol. The lowest BCUT2D eigenvalue weighted by molar-refractivity contribution is 0.393. The molecule has 6 nitrogen and oxygen atoms in total. The van der Waals surface area contributed by atoms with Crippen molar-refractivity contribution in [3.63, 3.8) is 0 Å². The number of H-pyrrole nitrogens is 1. The van der Waals surface area contributed by atoms with Gasteiger partial charge in [0.15, 0.2) is 0 Å². The van der Waals surface area contributed by atoms with Crippen molar-refractivity contribution in [2.45, 2.75) is 26.8 Å². The predicted octanol–water partition coefficient (Wildman–Crippen LogP) is 5.31. The molecular weight excluding hydrogens is 362 g/mol. The number of fused-ring (bicyclic) bond motifs is 1. The second-order valence-electron chi connectivity index (χ2n) is 7.31. The van der Waals surface area contributed by atoms with Crippen molar-refractivity contribution in [2.75, 3.05) is 0 Å². The Balaban J connectivity index is 1.75. The van der Waals surface area contributed by atoms with E-state index in [-0.39, 0.29) is 6.04 Å². The van der Waals surface area contributed by atoms with Gasteiger partial charge in [0.05, 0.1) is 29.0 Å². The molecule has 0 amide bonds. The van der Waals surface area contributed by atoms with E-state index < -0.39 is 0 Å². The Morgan fingerprint density at radius 3 is 2.59 bits per heavy atom. The number of aromatic nitrogens is 5. The van der Waals surface area contributed by atoms with E-state index in [0.717, 1.165) is 44.7 Å². The summed E-state index contributed by atoms with van der Waals surface area (Å²) < 4.78 is 7.66. The Hall–Kier alpha value is -3.67. The lowest BCUT2D eigenvalue weighted by atomic mass is 10.0. The number of rotatable bonds is 4. The number of aromatic amines is 1. The Bertz CT molecular complexity index is 1260. The molecule has 0 fully saturated rings. The van der Waals surface area contributed by atoms with E-state index in [4.69, 9.17) is 9.51 Å². The molecule has 0 aliphatic heterocycles. The monoisotopic (exact) mass is 383 g/mol. The van der Waals surface area contributed by atoms with Crippen LogP contribution in [0.2, 0.25) is 0 Å². The SMILES string of the molecule is Cc1noc(C)c1-c1cnc2c(-c3cn[nH]c3)cn(C(C)c3ccccc3)c2c1. The Labute approximate surface area is 168 Å². The summed E-state index contributed by atoms with van der Waals surface area (Å²) in [5.74, 6) is 0.799. The zero-order valence-electron chi connectivity index (χ0n) is 16.5. The van der Waals surface area contributed by atoms with E-state index in [2.05, 4.69) is 63.4 Å². The smallest absolute Gasteiger partial charge is 0.141 e. The van der Waals surface area contributed by atoms with E-state index in [1.165, 1.54) is 5.56 Å². The molecule has 0 saturated heterocycles. The molecule has 0 spiro atoms. The van der Waals surface area contributed by atoms with Crippen molar-refractivity contribution in [3.05, 3.63) is 78.2 Å². The van der Waals surface area contributed by atoms with Crippen LogP contribution in [-0.2, 0) is 0 Å². The third kappa shape index (κ3) is 2.84. The maximum absolute atomic E-state index is 5.38. The molecule has 4 aromatic heterocycles. The molecule has 6 heteroatoms. The van der Waals surface area contributed by atoms with Crippen molar-refractivity contribution in [3.8, 4) is 22.3 Å². The summed E-state index contributed by atoms with van der Waals surface area (Å²) in [7, 11) is 0. The van der Waals surface area contributed by atoms with Crippen LogP contribution in [0.15, 0.2) is 65.7 Å². The molecule has 0 aliphatic carbocycles. The number of hydrogen-bond acceptors (Lipinski definition) is 4. The first-order chi connectivity index (χ1) is 14.1. The molecule has 1 aromatic carbocycles. The molecule has 1 N–H and O–H groups in total. The molecular formula is C23H21N5O. The van der Waals surface area contributed by atoms with Crippen LogP contribution in [0.1, 0.15) is 30.0 Å². The zero-order valence-corrected chi connectivity index (χ0v) is 16.5. The van der Waals surface area contributed by atoms with Gasteiger partial charge in [0.1, 0.15) is 5.76 Å². The third-order valence-corrected chi connectivity index (χ3v) is 5.50. The number of nitrogens with zero attached hydrogens (tertiary/aromatic N) is 4. The second kappa shape index (κ2) is 6.74. The number of pyridine rings is 1. The third-order valence-electron chi connectivity index (χ3n) is 5.50. The van der Waals surface area contributed by atoms with Crippen molar-refractivity contribution in [1.82, 2.24) is 24.9 Å². The normalized spacial score (nSPS) is 12.5. The van der Waals surface area contributed by atoms with Gasteiger partial charge < -0.3 is 9.09 Å². The van der Waals surface area contributed by atoms with Gasteiger partial charge in [-0.3, -0.25) is 10.1 Å². The van der Waals surface area contributed by atoms with Crippen molar-refractivity contribution in [2.24, 2.45) is 0 Å². The van der Waals surface area contributed by atoms with Gasteiger partial charge in [-0.15, -0.1) is 0 Å². The summed E-state index contributed by atoms with van der Waals surface area (Å²) in [6, 6.07) is 12.8. The minimum absolute atomic E-state index is 0.154. The fourth-order valence-corrected chi connectivity index (χ4v) is 3.98. The van der Waals surface area contributed by atoms with E-state index in [9.17, 15) is 0 Å². The van der Waals surface area contributed by atoms with E-state index in [1.807, 2.05) is 38.5 Å². The van der Waals surface area contributed by atoms with Gasteiger partial charge in [-0.25, -0.2) is 0 Å². The van der Waals surface area contributed by atoms with Crippen LogP contribution >= 0.6 is 0 Å². The molecule has 5 rings (SSSR count). The summed E-state index contributed by atoms with van der Waals surface area (Å²) in [6.07, 6.45) is 7.79. The quantitative estimate of drug-likeness (QED) is 0.457. The molecule has 0 radical (unpaired) electrons. The van der Waals surface area contributed by atoms with Gasteiger partial charge in [0.25, 0.3) is 0 Å². The topological polar surface area (TPSA) is 72.5 Å². The molecule has 0 bridgehead atoms. The summed E-state index contributed by atoms with van der Waals surface area (Å²) in [5.41, 5.74) is 8.21. The first-order valence-corrected chi connectivity index (χ1v) is 9.61. The van der Waals surface area contributed by atoms with Crippen molar-refractivity contribution in [1.29, 1.82) is 0 Å². The minimum atomic E-state index is 0.154. The zero-order chi connectivity index (χ0) is 20.0. The van der Waals surface area contributed by atoms with Gasteiger partial charge >= 0.3 is 0 Å².